The molecule has 1 aromatic heterocycles. The number of aromatic nitrogens is 1. The molecule has 4 heteroatoms. The Hall–Kier alpha value is -1.39. The molecule has 1 fully saturated rings. The summed E-state index contributed by atoms with van der Waals surface area (Å²) in [5.74, 6) is 0. The highest BCUT2D eigenvalue weighted by atomic mass is 16.3. The van der Waals surface area contributed by atoms with Crippen molar-refractivity contribution in [3.05, 3.63) is 30.2 Å². The number of hydrogen-bond acceptors (Lipinski definition) is 4. The number of nitrogens with two attached hydrogens (primary N) is 1. The summed E-state index contributed by atoms with van der Waals surface area (Å²) in [5, 5.41) is 9.35. The van der Waals surface area contributed by atoms with E-state index in [-0.39, 0.29) is 18.1 Å². The van der Waals surface area contributed by atoms with Crippen LogP contribution in [0.15, 0.2) is 29.0 Å². The average Bonchev–Trinajstić information content (AvgIpc) is 2.98. The number of fused-ring (bicyclic) bond motifs is 1. The summed E-state index contributed by atoms with van der Waals surface area (Å²) in [6.45, 7) is 0.155. The van der Waals surface area contributed by atoms with Crippen LogP contribution in [0.1, 0.15) is 24.4 Å². The predicted octanol–water partition coefficient (Wildman–Crippen LogP) is 1.60. The van der Waals surface area contributed by atoms with E-state index >= 15 is 0 Å². The van der Waals surface area contributed by atoms with Gasteiger partial charge in [-0.05, 0) is 30.5 Å². The first-order chi connectivity index (χ1) is 7.75. The fourth-order valence-corrected chi connectivity index (χ4v) is 2.15. The van der Waals surface area contributed by atoms with Crippen LogP contribution >= 0.6 is 0 Å². The van der Waals surface area contributed by atoms with Crippen molar-refractivity contribution in [3.63, 3.8) is 0 Å². The van der Waals surface area contributed by atoms with Crippen LogP contribution in [0.25, 0.3) is 11.1 Å². The summed E-state index contributed by atoms with van der Waals surface area (Å²) in [5.41, 5.74) is 8.68. The third kappa shape index (κ3) is 1.34. The van der Waals surface area contributed by atoms with Crippen LogP contribution in [-0.2, 0) is 0 Å². The molecule has 0 saturated heterocycles. The molecular formula is C12H14N2O2. The fraction of sp³-hybridized carbons (Fsp3) is 0.417. The standard InChI is InChI=1S/C12H14N2O2/c13-11(12(6-15)3-4-12)8-1-2-9-10(5-8)16-7-14-9/h1-2,5,7,11,15H,3-4,6,13H2. The molecule has 1 aromatic carbocycles. The molecule has 3 rings (SSSR count). The minimum atomic E-state index is -0.119. The van der Waals surface area contributed by atoms with E-state index < -0.39 is 0 Å². The van der Waals surface area contributed by atoms with Crippen LogP contribution in [0.5, 0.6) is 0 Å². The highest BCUT2D eigenvalue weighted by molar-refractivity contribution is 5.73. The Balaban J connectivity index is 1.99. The third-order valence-corrected chi connectivity index (χ3v) is 3.58. The first-order valence-electron chi connectivity index (χ1n) is 5.45. The molecule has 1 saturated carbocycles. The van der Waals surface area contributed by atoms with Crippen molar-refractivity contribution in [2.75, 3.05) is 6.61 Å². The van der Waals surface area contributed by atoms with E-state index in [1.807, 2.05) is 18.2 Å². The molecule has 1 atom stereocenters. The molecule has 16 heavy (non-hydrogen) atoms. The molecule has 1 aliphatic rings. The van der Waals surface area contributed by atoms with Gasteiger partial charge in [-0.3, -0.25) is 0 Å². The molecule has 1 unspecified atom stereocenters. The third-order valence-electron chi connectivity index (χ3n) is 3.58. The van der Waals surface area contributed by atoms with E-state index in [2.05, 4.69) is 4.98 Å². The maximum atomic E-state index is 9.35. The topological polar surface area (TPSA) is 72.3 Å². The Morgan fingerprint density at radius 3 is 3.00 bits per heavy atom. The maximum absolute atomic E-state index is 9.35. The monoisotopic (exact) mass is 218 g/mol. The summed E-state index contributed by atoms with van der Waals surface area (Å²) in [7, 11) is 0. The SMILES string of the molecule is NC(c1ccc2ncoc2c1)C1(CO)CC1. The van der Waals surface area contributed by atoms with Gasteiger partial charge in [0.1, 0.15) is 5.52 Å². The second-order valence-electron chi connectivity index (χ2n) is 4.58. The lowest BCUT2D eigenvalue weighted by Crippen LogP contribution is -2.25. The van der Waals surface area contributed by atoms with Gasteiger partial charge in [0.25, 0.3) is 0 Å². The van der Waals surface area contributed by atoms with Crippen LogP contribution < -0.4 is 5.73 Å². The quantitative estimate of drug-likeness (QED) is 0.820. The van der Waals surface area contributed by atoms with Crippen molar-refractivity contribution in [3.8, 4) is 0 Å². The van der Waals surface area contributed by atoms with E-state index in [0.29, 0.717) is 0 Å². The van der Waals surface area contributed by atoms with Crippen LogP contribution in [0.2, 0.25) is 0 Å². The highest BCUT2D eigenvalue weighted by Crippen LogP contribution is 2.53. The molecular weight excluding hydrogens is 204 g/mol. The van der Waals surface area contributed by atoms with Crippen molar-refractivity contribution in [1.82, 2.24) is 4.98 Å². The molecule has 0 aliphatic heterocycles. The fourth-order valence-electron chi connectivity index (χ4n) is 2.15. The first kappa shape index (κ1) is 9.81. The first-order valence-corrected chi connectivity index (χ1v) is 5.45. The van der Waals surface area contributed by atoms with Crippen LogP contribution in [0.4, 0.5) is 0 Å². The average molecular weight is 218 g/mol. The number of nitrogens with zero attached hydrogens (tertiary/aromatic N) is 1. The van der Waals surface area contributed by atoms with E-state index in [1.54, 1.807) is 0 Å². The number of oxazole rings is 1. The van der Waals surface area contributed by atoms with Gasteiger partial charge in [-0.1, -0.05) is 6.07 Å². The minimum absolute atomic E-state index is 0.103. The van der Waals surface area contributed by atoms with Gasteiger partial charge >= 0.3 is 0 Å². The van der Waals surface area contributed by atoms with Crippen molar-refractivity contribution in [2.24, 2.45) is 11.1 Å². The number of aliphatic hydroxyl groups is 1. The van der Waals surface area contributed by atoms with Gasteiger partial charge in [0.05, 0.1) is 6.61 Å². The molecule has 0 spiro atoms. The Labute approximate surface area is 93.1 Å². The summed E-state index contributed by atoms with van der Waals surface area (Å²) >= 11 is 0. The van der Waals surface area contributed by atoms with Crippen molar-refractivity contribution >= 4 is 11.1 Å². The zero-order chi connectivity index (χ0) is 11.2. The van der Waals surface area contributed by atoms with Gasteiger partial charge in [-0.2, -0.15) is 0 Å². The number of rotatable bonds is 3. The highest BCUT2D eigenvalue weighted by Gasteiger charge is 2.47. The zero-order valence-corrected chi connectivity index (χ0v) is 8.89. The molecule has 0 amide bonds. The molecule has 1 aliphatic carbocycles. The lowest BCUT2D eigenvalue weighted by molar-refractivity contribution is 0.188. The number of hydrogen-bond donors (Lipinski definition) is 2. The Bertz CT molecular complexity index is 516. The largest absolute Gasteiger partial charge is 0.443 e. The van der Waals surface area contributed by atoms with Gasteiger partial charge < -0.3 is 15.3 Å². The summed E-state index contributed by atoms with van der Waals surface area (Å²) in [6.07, 6.45) is 3.43. The molecule has 0 bridgehead atoms. The Kier molecular flexibility index (Phi) is 2.02. The maximum Gasteiger partial charge on any atom is 0.181 e. The van der Waals surface area contributed by atoms with Gasteiger partial charge in [-0.25, -0.2) is 4.98 Å². The number of benzene rings is 1. The van der Waals surface area contributed by atoms with E-state index in [1.165, 1.54) is 6.39 Å². The normalized spacial score (nSPS) is 19.9. The van der Waals surface area contributed by atoms with Crippen molar-refractivity contribution in [1.29, 1.82) is 0 Å². The van der Waals surface area contributed by atoms with E-state index in [4.69, 9.17) is 10.2 Å². The van der Waals surface area contributed by atoms with Gasteiger partial charge in [0.2, 0.25) is 0 Å². The van der Waals surface area contributed by atoms with Crippen LogP contribution in [0, 0.1) is 5.41 Å². The summed E-state index contributed by atoms with van der Waals surface area (Å²) in [6, 6.07) is 5.67. The minimum Gasteiger partial charge on any atom is -0.443 e. The molecule has 3 N–H and O–H groups in total. The second-order valence-corrected chi connectivity index (χ2v) is 4.58. The van der Waals surface area contributed by atoms with E-state index in [0.717, 1.165) is 29.5 Å². The summed E-state index contributed by atoms with van der Waals surface area (Å²) in [4.78, 5) is 4.06. The Morgan fingerprint density at radius 1 is 1.50 bits per heavy atom. The lowest BCUT2D eigenvalue weighted by Gasteiger charge is -2.21. The zero-order valence-electron chi connectivity index (χ0n) is 8.89. The van der Waals surface area contributed by atoms with Gasteiger partial charge in [0.15, 0.2) is 12.0 Å². The van der Waals surface area contributed by atoms with Crippen LogP contribution in [0.3, 0.4) is 0 Å². The Morgan fingerprint density at radius 2 is 2.31 bits per heavy atom. The van der Waals surface area contributed by atoms with Crippen molar-refractivity contribution in [2.45, 2.75) is 18.9 Å². The second kappa shape index (κ2) is 3.30. The molecule has 1 heterocycles. The predicted molar refractivity (Wildman–Crippen MR) is 59.7 cm³/mol. The van der Waals surface area contributed by atoms with Gasteiger partial charge in [-0.15, -0.1) is 0 Å². The molecule has 0 radical (unpaired) electrons. The van der Waals surface area contributed by atoms with E-state index in [9.17, 15) is 5.11 Å². The van der Waals surface area contributed by atoms with Crippen LogP contribution in [-0.4, -0.2) is 16.7 Å². The summed E-state index contributed by atoms with van der Waals surface area (Å²) < 4.78 is 5.25. The van der Waals surface area contributed by atoms with Gasteiger partial charge in [0, 0.05) is 11.5 Å². The lowest BCUT2D eigenvalue weighted by atomic mass is 9.91. The molecule has 84 valence electrons. The number of aliphatic hydroxyl groups excluding tert-OH is 1. The van der Waals surface area contributed by atoms with Crippen molar-refractivity contribution < 1.29 is 9.52 Å². The molecule has 2 aromatic rings. The molecule has 4 nitrogen and oxygen atoms in total. The smallest absolute Gasteiger partial charge is 0.181 e.